The first-order valence-electron chi connectivity index (χ1n) is 11.1. The van der Waals surface area contributed by atoms with E-state index >= 15 is 0 Å². The third-order valence-electron chi connectivity index (χ3n) is 6.40. The van der Waals surface area contributed by atoms with E-state index in [2.05, 4.69) is 0 Å². The maximum atomic E-state index is 14.5. The Hall–Kier alpha value is -2.24. The van der Waals surface area contributed by atoms with Crippen LogP contribution < -0.4 is 0 Å². The van der Waals surface area contributed by atoms with E-state index < -0.39 is 27.3 Å². The van der Waals surface area contributed by atoms with Crippen LogP contribution in [-0.2, 0) is 28.9 Å². The number of benzene rings is 3. The van der Waals surface area contributed by atoms with Gasteiger partial charge in [-0.15, -0.1) is 0 Å². The van der Waals surface area contributed by atoms with Gasteiger partial charge in [-0.2, -0.15) is 0 Å². The lowest BCUT2D eigenvalue weighted by molar-refractivity contribution is 0.214. The fourth-order valence-corrected chi connectivity index (χ4v) is 11.0. The molecule has 0 heterocycles. The average Bonchev–Trinajstić information content (AvgIpc) is 3.55. The molecule has 33 heavy (non-hydrogen) atoms. The highest BCUT2D eigenvalue weighted by molar-refractivity contribution is 8.00. The highest BCUT2D eigenvalue weighted by Gasteiger charge is 2.85. The van der Waals surface area contributed by atoms with Gasteiger partial charge in [-0.3, -0.25) is 4.57 Å². The zero-order valence-corrected chi connectivity index (χ0v) is 20.8. The van der Waals surface area contributed by atoms with Crippen LogP contribution in [0.5, 0.6) is 0 Å². The number of hydrogen-bond acceptors (Lipinski definition) is 5. The van der Waals surface area contributed by atoms with Crippen LogP contribution in [0.15, 0.2) is 89.8 Å². The Labute approximate surface area is 196 Å². The van der Waals surface area contributed by atoms with Crippen LogP contribution in [0.2, 0.25) is 0 Å². The molecule has 1 unspecified atom stereocenters. The van der Waals surface area contributed by atoms with E-state index in [9.17, 15) is 13.0 Å². The quantitative estimate of drug-likeness (QED) is 0.342. The molecular formula is C26H29O5PS. The summed E-state index contributed by atoms with van der Waals surface area (Å²) in [4.78, 5) is 0.112. The van der Waals surface area contributed by atoms with Gasteiger partial charge in [-0.1, -0.05) is 78.4 Å². The van der Waals surface area contributed by atoms with Crippen molar-refractivity contribution in [2.45, 2.75) is 42.0 Å². The number of rotatable bonds is 9. The summed E-state index contributed by atoms with van der Waals surface area (Å²) in [6, 6.07) is 25.5. The summed E-state index contributed by atoms with van der Waals surface area (Å²) in [7, 11) is -8.31. The zero-order chi connectivity index (χ0) is 23.7. The van der Waals surface area contributed by atoms with Crippen molar-refractivity contribution >= 4 is 17.4 Å². The fraction of sp³-hybridized carbons (Fsp3) is 0.308. The van der Waals surface area contributed by atoms with E-state index in [1.54, 1.807) is 38.1 Å². The molecule has 1 saturated carbocycles. The highest BCUT2D eigenvalue weighted by Crippen LogP contribution is 2.84. The van der Waals surface area contributed by atoms with Crippen molar-refractivity contribution in [3.05, 3.63) is 102 Å². The van der Waals surface area contributed by atoms with E-state index in [-0.39, 0.29) is 24.5 Å². The van der Waals surface area contributed by atoms with E-state index in [1.807, 2.05) is 67.6 Å². The molecule has 0 bridgehead atoms. The van der Waals surface area contributed by atoms with E-state index in [0.29, 0.717) is 0 Å². The number of hydrogen-bond donors (Lipinski definition) is 0. The molecule has 1 aliphatic carbocycles. The molecule has 4 rings (SSSR count). The summed E-state index contributed by atoms with van der Waals surface area (Å²) in [5.74, 6) is 0. The van der Waals surface area contributed by atoms with Crippen LogP contribution in [0, 0.1) is 6.92 Å². The van der Waals surface area contributed by atoms with Crippen LogP contribution in [0.1, 0.15) is 37.0 Å². The Kier molecular flexibility index (Phi) is 6.41. The van der Waals surface area contributed by atoms with Gasteiger partial charge >= 0.3 is 7.60 Å². The van der Waals surface area contributed by atoms with Crippen molar-refractivity contribution in [1.29, 1.82) is 0 Å². The molecule has 0 aliphatic heterocycles. The van der Waals surface area contributed by atoms with Crippen molar-refractivity contribution in [1.82, 2.24) is 0 Å². The monoisotopic (exact) mass is 484 g/mol. The molecule has 7 heteroatoms. The van der Waals surface area contributed by atoms with E-state index in [4.69, 9.17) is 9.05 Å². The van der Waals surface area contributed by atoms with Gasteiger partial charge in [-0.25, -0.2) is 8.42 Å². The average molecular weight is 485 g/mol. The zero-order valence-electron chi connectivity index (χ0n) is 19.1. The Morgan fingerprint density at radius 3 is 1.67 bits per heavy atom. The molecule has 3 aromatic carbocycles. The van der Waals surface area contributed by atoms with Gasteiger partial charge in [0.05, 0.1) is 23.5 Å². The fourth-order valence-electron chi connectivity index (χ4n) is 4.88. The molecule has 0 saturated heterocycles. The molecule has 174 valence electrons. The van der Waals surface area contributed by atoms with Crippen molar-refractivity contribution in [2.24, 2.45) is 0 Å². The smallest absolute Gasteiger partial charge is 0.308 e. The molecule has 3 aromatic rings. The minimum absolute atomic E-state index is 0.0715. The second-order valence-corrected chi connectivity index (χ2v) is 13.0. The summed E-state index contributed by atoms with van der Waals surface area (Å²) in [5.41, 5.74) is 1.39. The third kappa shape index (κ3) is 3.52. The van der Waals surface area contributed by atoms with Crippen molar-refractivity contribution < 1.29 is 22.0 Å². The lowest BCUT2D eigenvalue weighted by Gasteiger charge is -2.32. The predicted octanol–water partition coefficient (Wildman–Crippen LogP) is 6.12. The van der Waals surface area contributed by atoms with E-state index in [0.717, 1.165) is 16.7 Å². The van der Waals surface area contributed by atoms with Crippen molar-refractivity contribution in [3.8, 4) is 0 Å². The molecule has 0 radical (unpaired) electrons. The lowest BCUT2D eigenvalue weighted by atomic mass is 9.88. The van der Waals surface area contributed by atoms with Gasteiger partial charge < -0.3 is 9.05 Å². The Morgan fingerprint density at radius 2 is 1.24 bits per heavy atom. The summed E-state index contributed by atoms with van der Waals surface area (Å²) in [6.45, 7) is 5.44. The highest BCUT2D eigenvalue weighted by atomic mass is 32.2. The Balaban J connectivity index is 2.08. The number of aryl methyl sites for hydroxylation is 1. The standard InChI is InChI=1S/C26H29O5PS/c1-4-30-32(27,31-5-2)26(33(28,29)24-18-16-21(3)17-19-24)20-25(26,22-12-8-6-9-13-22)23-14-10-7-11-15-23/h6-19H,4-5,20H2,1-3H3. The number of sulfone groups is 1. The molecule has 1 atom stereocenters. The summed E-state index contributed by atoms with van der Waals surface area (Å²) in [6.07, 6.45) is 0.0987. The Morgan fingerprint density at radius 1 is 0.788 bits per heavy atom. The van der Waals surface area contributed by atoms with Crippen LogP contribution in [0.3, 0.4) is 0 Å². The maximum absolute atomic E-state index is 14.5. The van der Waals surface area contributed by atoms with Gasteiger partial charge in [0.25, 0.3) is 0 Å². The van der Waals surface area contributed by atoms with Crippen molar-refractivity contribution in [2.75, 3.05) is 13.2 Å². The largest absolute Gasteiger partial charge is 0.353 e. The second kappa shape index (κ2) is 8.84. The first-order chi connectivity index (χ1) is 15.8. The van der Waals surface area contributed by atoms with Crippen LogP contribution in [0.4, 0.5) is 0 Å². The topological polar surface area (TPSA) is 69.7 Å². The SMILES string of the molecule is CCOP(=O)(OCC)C1(S(=O)(=O)c2ccc(C)cc2)CC1(c1ccccc1)c1ccccc1. The molecular weight excluding hydrogens is 455 g/mol. The van der Waals surface area contributed by atoms with Gasteiger partial charge in [0.1, 0.15) is 0 Å². The van der Waals surface area contributed by atoms with Gasteiger partial charge in [0.15, 0.2) is 14.3 Å². The van der Waals surface area contributed by atoms with Gasteiger partial charge in [0, 0.05) is 0 Å². The summed E-state index contributed by atoms with van der Waals surface area (Å²) < 4.78 is 53.2. The van der Waals surface area contributed by atoms with Crippen molar-refractivity contribution in [3.63, 3.8) is 0 Å². The summed E-state index contributed by atoms with van der Waals surface area (Å²) >= 11 is 0. The molecule has 5 nitrogen and oxygen atoms in total. The van der Waals surface area contributed by atoms with Crippen LogP contribution in [0.25, 0.3) is 0 Å². The van der Waals surface area contributed by atoms with Crippen LogP contribution in [-0.4, -0.2) is 26.1 Å². The van der Waals surface area contributed by atoms with Gasteiger partial charge in [-0.05, 0) is 50.5 Å². The minimum atomic E-state index is -4.16. The molecule has 1 aliphatic rings. The molecule has 0 aromatic heterocycles. The van der Waals surface area contributed by atoms with Crippen LogP contribution >= 0.6 is 7.60 Å². The first-order valence-corrected chi connectivity index (χ1v) is 14.1. The minimum Gasteiger partial charge on any atom is -0.308 e. The van der Waals surface area contributed by atoms with Gasteiger partial charge in [0.2, 0.25) is 0 Å². The lowest BCUT2D eigenvalue weighted by Crippen LogP contribution is -2.35. The molecule has 0 spiro atoms. The molecule has 0 N–H and O–H groups in total. The molecule has 0 amide bonds. The van der Waals surface area contributed by atoms with E-state index in [1.165, 1.54) is 0 Å². The molecule has 1 fully saturated rings. The Bertz CT molecular complexity index is 1210. The third-order valence-corrected chi connectivity index (χ3v) is 12.7. The maximum Gasteiger partial charge on any atom is 0.353 e. The first kappa shape index (κ1) is 23.9. The second-order valence-electron chi connectivity index (χ2n) is 8.25. The predicted molar refractivity (Wildman–Crippen MR) is 130 cm³/mol. The normalized spacial score (nSPS) is 19.8. The summed E-state index contributed by atoms with van der Waals surface area (Å²) in [5, 5.41) is 0.